The molecule has 0 fully saturated rings. The van der Waals surface area contributed by atoms with E-state index in [-0.39, 0.29) is 29.1 Å². The van der Waals surface area contributed by atoms with Crippen molar-refractivity contribution in [1.82, 2.24) is 31.2 Å². The van der Waals surface area contributed by atoms with Gasteiger partial charge in [-0.15, -0.1) is 0 Å². The van der Waals surface area contributed by atoms with Crippen LogP contribution in [0, 0.1) is 0 Å². The van der Waals surface area contributed by atoms with Gasteiger partial charge in [0, 0.05) is 76.0 Å². The molecule has 0 saturated heterocycles. The summed E-state index contributed by atoms with van der Waals surface area (Å²) in [5.74, 6) is 0.169. The van der Waals surface area contributed by atoms with Crippen LogP contribution in [0.3, 0.4) is 0 Å². The number of nitrogens with one attached hydrogen (secondary N) is 5. The minimum absolute atomic E-state index is 0.0113. The number of hydrogen-bond donors (Lipinski definition) is 5. The average molecular weight is 743 g/mol. The maximum absolute atomic E-state index is 13.0. The zero-order valence-corrected chi connectivity index (χ0v) is 30.1. The van der Waals surface area contributed by atoms with Crippen LogP contribution >= 0.6 is 34.8 Å². The number of carbonyl (C=O) groups is 3. The first-order valence-corrected chi connectivity index (χ1v) is 16.8. The number of methoxy groups -OCH3 is 1. The van der Waals surface area contributed by atoms with Crippen LogP contribution < -0.4 is 36.1 Å². The highest BCUT2D eigenvalue weighted by Gasteiger charge is 2.18. The Morgan fingerprint density at radius 3 is 2.10 bits per heavy atom. The normalized spacial score (nSPS) is 10.8. The molecule has 2 heterocycles. The minimum Gasteiger partial charge on any atom is -0.486 e. The van der Waals surface area contributed by atoms with Crippen molar-refractivity contribution in [2.75, 3.05) is 38.6 Å². The lowest BCUT2D eigenvalue weighted by atomic mass is 10.0. The lowest BCUT2D eigenvalue weighted by molar-refractivity contribution is -0.119. The fourth-order valence-electron chi connectivity index (χ4n) is 4.72. The number of benzene rings is 2. The molecule has 0 aliphatic rings. The molecule has 12 nitrogen and oxygen atoms in total. The van der Waals surface area contributed by atoms with E-state index < -0.39 is 5.91 Å². The number of pyridine rings is 2. The van der Waals surface area contributed by atoms with Crippen LogP contribution in [0.4, 0.5) is 5.69 Å². The molecule has 0 atom stereocenters. The lowest BCUT2D eigenvalue weighted by Gasteiger charge is -2.16. The van der Waals surface area contributed by atoms with E-state index in [9.17, 15) is 14.4 Å². The number of hydrogen-bond acceptors (Lipinski definition) is 9. The Morgan fingerprint density at radius 2 is 1.46 bits per heavy atom. The van der Waals surface area contributed by atoms with Gasteiger partial charge in [0.25, 0.3) is 5.91 Å². The lowest BCUT2D eigenvalue weighted by Crippen LogP contribution is -2.30. The quantitative estimate of drug-likeness (QED) is 0.0896. The predicted molar refractivity (Wildman–Crippen MR) is 195 cm³/mol. The van der Waals surface area contributed by atoms with E-state index in [2.05, 4.69) is 36.6 Å². The Morgan fingerprint density at radius 1 is 0.800 bits per heavy atom. The van der Waals surface area contributed by atoms with Gasteiger partial charge in [0.15, 0.2) is 0 Å². The fourth-order valence-corrected chi connectivity index (χ4v) is 5.51. The second-order valence-electron chi connectivity index (χ2n) is 11.0. The Labute approximate surface area is 305 Å². The van der Waals surface area contributed by atoms with Gasteiger partial charge in [-0.1, -0.05) is 65.1 Å². The zero-order chi connectivity index (χ0) is 36.0. The van der Waals surface area contributed by atoms with E-state index in [4.69, 9.17) is 44.3 Å². The predicted octanol–water partition coefficient (Wildman–Crippen LogP) is 5.40. The summed E-state index contributed by atoms with van der Waals surface area (Å²) in [6, 6.07) is 15.7. The van der Waals surface area contributed by atoms with Crippen LogP contribution in [0.2, 0.25) is 15.1 Å². The van der Waals surface area contributed by atoms with Crippen LogP contribution in [-0.2, 0) is 29.3 Å². The minimum atomic E-state index is -0.427. The SMILES string of the molecule is COc1nc(COc2cccc(-c3cccc(NC(=O)c4ccc(CNCCNC(C)=O)cn4)c3Cl)c2Cl)c(Cl)cc1CNCCNC(C)=O. The standard InChI is InChI=1S/C35H38Cl3N7O5/c1-21(46)41-14-12-39-17-23-10-11-29(43-18-23)34(48)44-28-8-4-6-25(32(28)37)26-7-5-9-31(33(26)38)50-20-30-27(36)16-24(35(45-30)49-3)19-40-13-15-42-22(2)47/h4-11,16,18,39-40H,12-15,17,19-20H2,1-3H3,(H,41,46)(H,42,47)(H,44,48). The topological polar surface area (TPSA) is 156 Å². The van der Waals surface area contributed by atoms with Crippen LogP contribution in [0.5, 0.6) is 11.6 Å². The average Bonchev–Trinajstić information content (AvgIpc) is 3.09. The van der Waals surface area contributed by atoms with Gasteiger partial charge >= 0.3 is 0 Å². The monoisotopic (exact) mass is 741 g/mol. The number of ether oxygens (including phenoxy) is 2. The number of halogens is 3. The zero-order valence-electron chi connectivity index (χ0n) is 27.8. The van der Waals surface area contributed by atoms with Crippen LogP contribution in [0.15, 0.2) is 60.8 Å². The number of anilines is 1. The molecular weight excluding hydrogens is 705 g/mol. The number of rotatable bonds is 17. The third kappa shape index (κ3) is 11.0. The molecule has 0 aliphatic carbocycles. The first-order chi connectivity index (χ1) is 24.1. The Bertz CT molecular complexity index is 1810. The molecular formula is C35H38Cl3N7O5. The van der Waals surface area contributed by atoms with Crippen molar-refractivity contribution in [3.05, 3.63) is 98.4 Å². The summed E-state index contributed by atoms with van der Waals surface area (Å²) in [4.78, 5) is 43.9. The molecule has 3 amide bonds. The molecule has 4 rings (SSSR count). The molecule has 50 heavy (non-hydrogen) atoms. The number of aromatic nitrogens is 2. The van der Waals surface area contributed by atoms with Crippen LogP contribution in [-0.4, -0.2) is 61.0 Å². The largest absolute Gasteiger partial charge is 0.486 e. The molecule has 0 radical (unpaired) electrons. The van der Waals surface area contributed by atoms with E-state index in [0.717, 1.165) is 11.1 Å². The van der Waals surface area contributed by atoms with Gasteiger partial charge in [-0.3, -0.25) is 19.4 Å². The second-order valence-corrected chi connectivity index (χ2v) is 12.1. The van der Waals surface area contributed by atoms with Gasteiger partial charge < -0.3 is 36.1 Å². The molecule has 264 valence electrons. The third-order valence-corrected chi connectivity index (χ3v) is 8.32. The third-order valence-electron chi connectivity index (χ3n) is 7.20. The van der Waals surface area contributed by atoms with Gasteiger partial charge in [-0.2, -0.15) is 0 Å². The van der Waals surface area contributed by atoms with Crippen molar-refractivity contribution in [3.8, 4) is 22.8 Å². The van der Waals surface area contributed by atoms with Gasteiger partial charge in [-0.05, 0) is 29.8 Å². The summed E-state index contributed by atoms with van der Waals surface area (Å²) in [5.41, 5.74) is 3.88. The summed E-state index contributed by atoms with van der Waals surface area (Å²) >= 11 is 20.2. The van der Waals surface area contributed by atoms with Crippen molar-refractivity contribution in [2.45, 2.75) is 33.5 Å². The van der Waals surface area contributed by atoms with Crippen molar-refractivity contribution in [3.63, 3.8) is 0 Å². The number of nitrogens with zero attached hydrogens (tertiary/aromatic N) is 2. The highest BCUT2D eigenvalue weighted by molar-refractivity contribution is 6.39. The van der Waals surface area contributed by atoms with Crippen molar-refractivity contribution in [1.29, 1.82) is 0 Å². The summed E-state index contributed by atoms with van der Waals surface area (Å²) in [7, 11) is 1.52. The van der Waals surface area contributed by atoms with Gasteiger partial charge in [0.1, 0.15) is 23.7 Å². The number of amides is 3. The fraction of sp³-hybridized carbons (Fsp3) is 0.286. The van der Waals surface area contributed by atoms with E-state index in [1.54, 1.807) is 60.8 Å². The van der Waals surface area contributed by atoms with Crippen molar-refractivity contribution >= 4 is 58.2 Å². The maximum Gasteiger partial charge on any atom is 0.274 e. The molecule has 15 heteroatoms. The van der Waals surface area contributed by atoms with Crippen LogP contribution in [0.25, 0.3) is 11.1 Å². The second kappa shape index (κ2) is 19.1. The van der Waals surface area contributed by atoms with Crippen LogP contribution in [0.1, 0.15) is 41.2 Å². The molecule has 0 bridgehead atoms. The van der Waals surface area contributed by atoms with E-state index >= 15 is 0 Å². The first-order valence-electron chi connectivity index (χ1n) is 15.7. The molecule has 0 aliphatic heterocycles. The van der Waals surface area contributed by atoms with E-state index in [1.807, 2.05) is 0 Å². The molecule has 0 spiro atoms. The summed E-state index contributed by atoms with van der Waals surface area (Å²) in [6.07, 6.45) is 1.62. The molecule has 0 unspecified atom stereocenters. The van der Waals surface area contributed by atoms with Gasteiger partial charge in [-0.25, -0.2) is 4.98 Å². The Hall–Kier alpha value is -4.46. The summed E-state index contributed by atoms with van der Waals surface area (Å²) in [5, 5.41) is 15.7. The molecule has 2 aromatic carbocycles. The molecule has 0 saturated carbocycles. The Balaban J connectivity index is 1.40. The Kier molecular flexibility index (Phi) is 14.6. The van der Waals surface area contributed by atoms with Crippen molar-refractivity contribution in [2.24, 2.45) is 0 Å². The van der Waals surface area contributed by atoms with E-state index in [1.165, 1.54) is 21.0 Å². The van der Waals surface area contributed by atoms with Crippen molar-refractivity contribution < 1.29 is 23.9 Å². The summed E-state index contributed by atoms with van der Waals surface area (Å²) < 4.78 is 11.5. The first kappa shape index (κ1) is 38.3. The maximum atomic E-state index is 13.0. The molecule has 5 N–H and O–H groups in total. The summed E-state index contributed by atoms with van der Waals surface area (Å²) in [6.45, 7) is 6.10. The molecule has 2 aromatic heterocycles. The molecule has 4 aromatic rings. The number of carbonyl (C=O) groups excluding carboxylic acids is 3. The smallest absolute Gasteiger partial charge is 0.274 e. The van der Waals surface area contributed by atoms with E-state index in [0.29, 0.717) is 83.5 Å². The highest BCUT2D eigenvalue weighted by Crippen LogP contribution is 2.41. The van der Waals surface area contributed by atoms with Gasteiger partial charge in [0.2, 0.25) is 17.7 Å². The highest BCUT2D eigenvalue weighted by atomic mass is 35.5. The van der Waals surface area contributed by atoms with Gasteiger partial charge in [0.05, 0.1) is 27.9 Å².